The van der Waals surface area contributed by atoms with Gasteiger partial charge < -0.3 is 10.5 Å². The van der Waals surface area contributed by atoms with Crippen LogP contribution in [0, 0.1) is 10.1 Å². The van der Waals surface area contributed by atoms with Gasteiger partial charge >= 0.3 is 0 Å². The van der Waals surface area contributed by atoms with Crippen molar-refractivity contribution in [1.82, 2.24) is 9.71 Å². The molecule has 0 aliphatic carbocycles. The zero-order valence-corrected chi connectivity index (χ0v) is 14.2. The van der Waals surface area contributed by atoms with E-state index in [1.807, 2.05) is 54.6 Å². The first-order valence-corrected chi connectivity index (χ1v) is 8.36. The number of imidazole rings is 1. The third-order valence-electron chi connectivity index (χ3n) is 4.29. The van der Waals surface area contributed by atoms with Crippen molar-refractivity contribution in [3.8, 4) is 11.4 Å². The van der Waals surface area contributed by atoms with Gasteiger partial charge in [0.25, 0.3) is 5.69 Å². The second-order valence-electron chi connectivity index (χ2n) is 6.10. The minimum Gasteiger partial charge on any atom is -0.426 e. The summed E-state index contributed by atoms with van der Waals surface area (Å²) < 4.78 is 0.888. The number of hydrogen-bond donors (Lipinski definition) is 2. The van der Waals surface area contributed by atoms with Crippen molar-refractivity contribution in [2.75, 3.05) is 5.32 Å². The predicted molar refractivity (Wildman–Crippen MR) is 103 cm³/mol. The molecule has 0 radical (unpaired) electrons. The fourth-order valence-corrected chi connectivity index (χ4v) is 2.92. The van der Waals surface area contributed by atoms with Crippen LogP contribution in [0.15, 0.2) is 72.8 Å². The second kappa shape index (κ2) is 6.80. The number of aromatic nitrogens is 2. The van der Waals surface area contributed by atoms with Gasteiger partial charge in [0.2, 0.25) is 0 Å². The van der Waals surface area contributed by atoms with Crippen LogP contribution < -0.4 is 5.32 Å². The number of anilines is 1. The average Bonchev–Trinajstić information content (AvgIpc) is 3.03. The van der Waals surface area contributed by atoms with Gasteiger partial charge in [-0.1, -0.05) is 42.5 Å². The lowest BCUT2D eigenvalue weighted by Crippen LogP contribution is -2.00. The first-order valence-electron chi connectivity index (χ1n) is 8.36. The molecular formula is C20H16N4O3. The summed E-state index contributed by atoms with van der Waals surface area (Å²) in [6.45, 7) is 0.673. The van der Waals surface area contributed by atoms with Crippen LogP contribution in [0.3, 0.4) is 0 Å². The van der Waals surface area contributed by atoms with Gasteiger partial charge in [-0.3, -0.25) is 10.1 Å². The van der Waals surface area contributed by atoms with Crippen LogP contribution in [0.4, 0.5) is 11.4 Å². The maximum atomic E-state index is 11.0. The van der Waals surface area contributed by atoms with Crippen LogP contribution in [-0.4, -0.2) is 19.8 Å². The fourth-order valence-electron chi connectivity index (χ4n) is 2.92. The Balaban J connectivity index is 1.65. The molecule has 7 heteroatoms. The third kappa shape index (κ3) is 3.30. The Kier molecular flexibility index (Phi) is 4.18. The molecule has 2 N–H and O–H groups in total. The van der Waals surface area contributed by atoms with E-state index in [1.54, 1.807) is 0 Å². The van der Waals surface area contributed by atoms with Gasteiger partial charge in [-0.25, -0.2) is 4.98 Å². The van der Waals surface area contributed by atoms with Gasteiger partial charge in [-0.05, 0) is 23.8 Å². The SMILES string of the molecule is O=[N+]([O-])c1ccc2nc(-c3cccc(NCc4ccccc4)c3)n(O)c2c1. The molecule has 0 aliphatic rings. The lowest BCUT2D eigenvalue weighted by atomic mass is 10.1. The van der Waals surface area contributed by atoms with Crippen molar-refractivity contribution in [3.63, 3.8) is 0 Å². The molecule has 1 heterocycles. The molecule has 0 atom stereocenters. The summed E-state index contributed by atoms with van der Waals surface area (Å²) in [7, 11) is 0. The van der Waals surface area contributed by atoms with Gasteiger partial charge in [-0.15, -0.1) is 0 Å². The van der Waals surface area contributed by atoms with Crippen LogP contribution in [0.5, 0.6) is 0 Å². The first kappa shape index (κ1) is 16.6. The highest BCUT2D eigenvalue weighted by Crippen LogP contribution is 2.27. The Morgan fingerprint density at radius 3 is 2.63 bits per heavy atom. The Bertz CT molecular complexity index is 1120. The number of rotatable bonds is 5. The number of fused-ring (bicyclic) bond motifs is 1. The standard InChI is InChI=1S/C20H16N4O3/c25-23-19-12-17(24(26)27)9-10-18(19)22-20(23)15-7-4-8-16(11-15)21-13-14-5-2-1-3-6-14/h1-12,21,25H,13H2. The van der Waals surface area contributed by atoms with E-state index in [-0.39, 0.29) is 5.69 Å². The highest BCUT2D eigenvalue weighted by molar-refractivity contribution is 5.82. The van der Waals surface area contributed by atoms with Crippen LogP contribution in [-0.2, 0) is 6.54 Å². The van der Waals surface area contributed by atoms with E-state index < -0.39 is 4.92 Å². The summed E-state index contributed by atoms with van der Waals surface area (Å²) in [5.41, 5.74) is 3.43. The zero-order valence-electron chi connectivity index (χ0n) is 14.2. The summed E-state index contributed by atoms with van der Waals surface area (Å²) in [6, 6.07) is 21.7. The largest absolute Gasteiger partial charge is 0.426 e. The Morgan fingerprint density at radius 1 is 1.04 bits per heavy atom. The number of nitrogens with zero attached hydrogens (tertiary/aromatic N) is 3. The van der Waals surface area contributed by atoms with Gasteiger partial charge in [0.05, 0.1) is 10.4 Å². The number of hydrogen-bond acceptors (Lipinski definition) is 5. The average molecular weight is 360 g/mol. The van der Waals surface area contributed by atoms with Crippen molar-refractivity contribution in [2.45, 2.75) is 6.54 Å². The highest BCUT2D eigenvalue weighted by Gasteiger charge is 2.16. The third-order valence-corrected chi connectivity index (χ3v) is 4.29. The van der Waals surface area contributed by atoms with Crippen LogP contribution in [0.2, 0.25) is 0 Å². The van der Waals surface area contributed by atoms with E-state index >= 15 is 0 Å². The Hall–Kier alpha value is -3.87. The first-order chi connectivity index (χ1) is 13.1. The summed E-state index contributed by atoms with van der Waals surface area (Å²) in [6.07, 6.45) is 0. The number of nitro benzene ring substituents is 1. The molecule has 4 rings (SSSR count). The van der Waals surface area contributed by atoms with E-state index in [0.717, 1.165) is 16.0 Å². The summed E-state index contributed by atoms with van der Waals surface area (Å²) >= 11 is 0. The molecule has 7 nitrogen and oxygen atoms in total. The molecule has 27 heavy (non-hydrogen) atoms. The topological polar surface area (TPSA) is 93.2 Å². The normalized spacial score (nSPS) is 10.8. The van der Waals surface area contributed by atoms with Gasteiger partial charge in [-0.2, -0.15) is 4.73 Å². The molecule has 0 bridgehead atoms. The van der Waals surface area contributed by atoms with E-state index in [0.29, 0.717) is 29.0 Å². The summed E-state index contributed by atoms with van der Waals surface area (Å²) in [5.74, 6) is 0.328. The van der Waals surface area contributed by atoms with E-state index in [4.69, 9.17) is 0 Å². The van der Waals surface area contributed by atoms with Gasteiger partial charge in [0.1, 0.15) is 5.52 Å². The predicted octanol–water partition coefficient (Wildman–Crippen LogP) is 4.46. The molecule has 0 fully saturated rings. The molecule has 0 saturated carbocycles. The van der Waals surface area contributed by atoms with Crippen molar-refractivity contribution in [2.24, 2.45) is 0 Å². The number of benzene rings is 3. The molecule has 0 unspecified atom stereocenters. The Labute approximate surface area is 154 Å². The number of nitro groups is 1. The minimum absolute atomic E-state index is 0.0949. The number of nitrogens with one attached hydrogen (secondary N) is 1. The van der Waals surface area contributed by atoms with Gasteiger partial charge in [0.15, 0.2) is 5.82 Å². The highest BCUT2D eigenvalue weighted by atomic mass is 16.6. The monoisotopic (exact) mass is 360 g/mol. The second-order valence-corrected chi connectivity index (χ2v) is 6.10. The zero-order chi connectivity index (χ0) is 18.8. The maximum Gasteiger partial charge on any atom is 0.271 e. The van der Waals surface area contributed by atoms with Crippen LogP contribution in [0.25, 0.3) is 22.4 Å². The molecule has 1 aromatic heterocycles. The van der Waals surface area contributed by atoms with Crippen molar-refractivity contribution in [3.05, 3.63) is 88.5 Å². The molecule has 134 valence electrons. The molecule has 0 aliphatic heterocycles. The molecule has 0 spiro atoms. The Morgan fingerprint density at radius 2 is 1.85 bits per heavy atom. The van der Waals surface area contributed by atoms with Crippen molar-refractivity contribution < 1.29 is 10.1 Å². The molecule has 3 aromatic carbocycles. The van der Waals surface area contributed by atoms with Crippen LogP contribution in [0.1, 0.15) is 5.56 Å². The lowest BCUT2D eigenvalue weighted by molar-refractivity contribution is -0.384. The van der Waals surface area contributed by atoms with Gasteiger partial charge in [0, 0.05) is 29.9 Å². The molecule has 0 saturated heterocycles. The smallest absolute Gasteiger partial charge is 0.271 e. The lowest BCUT2D eigenvalue weighted by Gasteiger charge is -2.08. The summed E-state index contributed by atoms with van der Waals surface area (Å²) in [4.78, 5) is 14.9. The minimum atomic E-state index is -0.500. The maximum absolute atomic E-state index is 11.0. The molecule has 4 aromatic rings. The molecular weight excluding hydrogens is 344 g/mol. The fraction of sp³-hybridized carbons (Fsp3) is 0.0500. The van der Waals surface area contributed by atoms with E-state index in [9.17, 15) is 15.3 Å². The van der Waals surface area contributed by atoms with Crippen molar-refractivity contribution >= 4 is 22.4 Å². The van der Waals surface area contributed by atoms with Crippen molar-refractivity contribution in [1.29, 1.82) is 0 Å². The summed E-state index contributed by atoms with van der Waals surface area (Å²) in [5, 5.41) is 24.8. The molecule has 0 amide bonds. The van der Waals surface area contributed by atoms with E-state index in [1.165, 1.54) is 18.2 Å². The van der Waals surface area contributed by atoms with E-state index in [2.05, 4.69) is 10.3 Å². The number of non-ortho nitro benzene ring substituents is 1. The van der Waals surface area contributed by atoms with Crippen LogP contribution >= 0.6 is 0 Å². The quantitative estimate of drug-likeness (QED) is 0.311.